The molecule has 1 aromatic carbocycles. The molecule has 0 saturated heterocycles. The molecule has 3 nitrogen and oxygen atoms in total. The fourth-order valence-electron chi connectivity index (χ4n) is 2.39. The first-order chi connectivity index (χ1) is 8.60. The third-order valence-electron chi connectivity index (χ3n) is 3.53. The van der Waals surface area contributed by atoms with E-state index in [1.165, 1.54) is 16.6 Å². The van der Waals surface area contributed by atoms with Gasteiger partial charge in [-0.15, -0.1) is 0 Å². The summed E-state index contributed by atoms with van der Waals surface area (Å²) in [5, 5.41) is 1.86. The van der Waals surface area contributed by atoms with Crippen molar-refractivity contribution in [3.8, 4) is 5.75 Å². The lowest BCUT2D eigenvalue weighted by Crippen LogP contribution is -2.01. The van der Waals surface area contributed by atoms with Gasteiger partial charge in [-0.1, -0.05) is 11.6 Å². The normalized spacial score (nSPS) is 11.2. The number of nitrogens with zero attached hydrogens (tertiary/aromatic N) is 1. The monoisotopic (exact) mass is 266 g/mol. The lowest BCUT2D eigenvalue weighted by atomic mass is 10.1. The van der Waals surface area contributed by atoms with Gasteiger partial charge in [0.15, 0.2) is 0 Å². The van der Waals surface area contributed by atoms with Gasteiger partial charge in [-0.05, 0) is 44.0 Å². The van der Waals surface area contributed by atoms with Gasteiger partial charge >= 0.3 is 0 Å². The topological polar surface area (TPSA) is 40.2 Å². The largest absolute Gasteiger partial charge is 0.495 e. The lowest BCUT2D eigenvalue weighted by molar-refractivity contribution is 0.415. The van der Waals surface area contributed by atoms with Crippen molar-refractivity contribution in [3.05, 3.63) is 28.4 Å². The molecule has 0 aliphatic heterocycles. The van der Waals surface area contributed by atoms with E-state index < -0.39 is 0 Å². The summed E-state index contributed by atoms with van der Waals surface area (Å²) in [7, 11) is 3.70. The number of aromatic nitrogens is 1. The van der Waals surface area contributed by atoms with E-state index >= 15 is 0 Å². The van der Waals surface area contributed by atoms with Crippen molar-refractivity contribution in [2.45, 2.75) is 19.8 Å². The molecule has 1 heterocycles. The minimum atomic E-state index is 0.649. The molecule has 0 radical (unpaired) electrons. The van der Waals surface area contributed by atoms with Gasteiger partial charge in [0.2, 0.25) is 0 Å². The Bertz CT molecular complexity index is 575. The summed E-state index contributed by atoms with van der Waals surface area (Å²) in [4.78, 5) is 0. The molecule has 0 unspecified atom stereocenters. The Hall–Kier alpha value is -1.19. The Balaban J connectivity index is 2.65. The van der Waals surface area contributed by atoms with Crippen LogP contribution in [0.3, 0.4) is 0 Å². The van der Waals surface area contributed by atoms with E-state index in [0.717, 1.165) is 24.1 Å². The van der Waals surface area contributed by atoms with Crippen LogP contribution in [0.25, 0.3) is 10.9 Å². The number of hydrogen-bond donors (Lipinski definition) is 1. The van der Waals surface area contributed by atoms with Gasteiger partial charge in [-0.3, -0.25) is 0 Å². The molecule has 0 saturated carbocycles. The van der Waals surface area contributed by atoms with Crippen molar-refractivity contribution in [2.75, 3.05) is 13.7 Å². The third-order valence-corrected chi connectivity index (χ3v) is 3.82. The Kier molecular flexibility index (Phi) is 3.83. The molecule has 1 aromatic heterocycles. The zero-order valence-corrected chi connectivity index (χ0v) is 11.8. The number of benzene rings is 1. The number of ether oxygens (including phenoxy) is 1. The van der Waals surface area contributed by atoms with Gasteiger partial charge in [-0.25, -0.2) is 0 Å². The number of rotatable bonds is 4. The second kappa shape index (κ2) is 5.21. The van der Waals surface area contributed by atoms with Crippen LogP contribution in [-0.2, 0) is 13.5 Å². The van der Waals surface area contributed by atoms with Crippen molar-refractivity contribution in [2.24, 2.45) is 12.8 Å². The highest BCUT2D eigenvalue weighted by molar-refractivity contribution is 6.32. The summed E-state index contributed by atoms with van der Waals surface area (Å²) >= 11 is 6.18. The number of fused-ring (bicyclic) bond motifs is 1. The van der Waals surface area contributed by atoms with E-state index in [2.05, 4.69) is 18.5 Å². The summed E-state index contributed by atoms with van der Waals surface area (Å²) in [6.07, 6.45) is 1.98. The van der Waals surface area contributed by atoms with Gasteiger partial charge in [0, 0.05) is 23.6 Å². The van der Waals surface area contributed by atoms with Crippen molar-refractivity contribution < 1.29 is 4.74 Å². The average molecular weight is 267 g/mol. The SMILES string of the molecule is COc1cc2c(CCCN)c(C)n(C)c2cc1Cl. The highest BCUT2D eigenvalue weighted by atomic mass is 35.5. The van der Waals surface area contributed by atoms with Crippen molar-refractivity contribution in [3.63, 3.8) is 0 Å². The molecule has 0 atom stereocenters. The smallest absolute Gasteiger partial charge is 0.138 e. The maximum absolute atomic E-state index is 6.18. The standard InChI is InChI=1S/C14H19ClN2O/c1-9-10(5-4-6-16)11-7-14(18-3)12(15)8-13(11)17(9)2/h7-8H,4-6,16H2,1-3H3. The maximum Gasteiger partial charge on any atom is 0.138 e. The fourth-order valence-corrected chi connectivity index (χ4v) is 2.63. The highest BCUT2D eigenvalue weighted by Gasteiger charge is 2.14. The molecule has 0 amide bonds. The van der Waals surface area contributed by atoms with Crippen LogP contribution in [0, 0.1) is 6.92 Å². The first-order valence-corrected chi connectivity index (χ1v) is 6.49. The molecule has 0 fully saturated rings. The Morgan fingerprint density at radius 3 is 2.72 bits per heavy atom. The van der Waals surface area contributed by atoms with Gasteiger partial charge in [-0.2, -0.15) is 0 Å². The highest BCUT2D eigenvalue weighted by Crippen LogP contribution is 2.34. The maximum atomic E-state index is 6.18. The summed E-state index contributed by atoms with van der Waals surface area (Å²) in [6, 6.07) is 3.99. The number of methoxy groups -OCH3 is 1. The molecule has 0 aliphatic carbocycles. The third kappa shape index (κ3) is 2.08. The lowest BCUT2D eigenvalue weighted by Gasteiger charge is -2.05. The first kappa shape index (κ1) is 13.2. The minimum absolute atomic E-state index is 0.649. The molecule has 4 heteroatoms. The predicted molar refractivity (Wildman–Crippen MR) is 76.6 cm³/mol. The van der Waals surface area contributed by atoms with Gasteiger partial charge in [0.1, 0.15) is 5.75 Å². The predicted octanol–water partition coefficient (Wildman–Crippen LogP) is 3.04. The van der Waals surface area contributed by atoms with E-state index in [1.807, 2.05) is 12.1 Å². The molecular formula is C14H19ClN2O. The second-order valence-corrected chi connectivity index (χ2v) is 4.93. The van der Waals surface area contributed by atoms with Crippen LogP contribution in [0.1, 0.15) is 17.7 Å². The van der Waals surface area contributed by atoms with Gasteiger partial charge < -0.3 is 15.0 Å². The van der Waals surface area contributed by atoms with Crippen LogP contribution >= 0.6 is 11.6 Å². The molecular weight excluding hydrogens is 248 g/mol. The molecule has 2 rings (SSSR count). The van der Waals surface area contributed by atoms with E-state index in [9.17, 15) is 0 Å². The van der Waals surface area contributed by atoms with Crippen LogP contribution in [0.5, 0.6) is 5.75 Å². The number of nitrogens with two attached hydrogens (primary N) is 1. The van der Waals surface area contributed by atoms with Gasteiger partial charge in [0.25, 0.3) is 0 Å². The second-order valence-electron chi connectivity index (χ2n) is 4.52. The molecule has 0 bridgehead atoms. The molecule has 18 heavy (non-hydrogen) atoms. The summed E-state index contributed by atoms with van der Waals surface area (Å²) in [5.74, 6) is 0.726. The quantitative estimate of drug-likeness (QED) is 0.924. The molecule has 0 spiro atoms. The van der Waals surface area contributed by atoms with Crippen LogP contribution in [-0.4, -0.2) is 18.2 Å². The van der Waals surface area contributed by atoms with Crippen molar-refractivity contribution in [1.29, 1.82) is 0 Å². The molecule has 98 valence electrons. The van der Waals surface area contributed by atoms with Crippen LogP contribution in [0.4, 0.5) is 0 Å². The number of halogens is 1. The average Bonchev–Trinajstić information content (AvgIpc) is 2.59. The Labute approximate surface area is 112 Å². The molecule has 0 aliphatic rings. The number of hydrogen-bond acceptors (Lipinski definition) is 2. The van der Waals surface area contributed by atoms with Crippen molar-refractivity contribution in [1.82, 2.24) is 4.57 Å². The van der Waals surface area contributed by atoms with E-state index in [0.29, 0.717) is 11.6 Å². The number of aryl methyl sites for hydroxylation is 2. The summed E-state index contributed by atoms with van der Waals surface area (Å²) in [6.45, 7) is 2.84. The minimum Gasteiger partial charge on any atom is -0.495 e. The van der Waals surface area contributed by atoms with Crippen LogP contribution in [0.2, 0.25) is 5.02 Å². The zero-order chi connectivity index (χ0) is 13.3. The van der Waals surface area contributed by atoms with E-state index in [4.69, 9.17) is 22.1 Å². The van der Waals surface area contributed by atoms with Crippen LogP contribution < -0.4 is 10.5 Å². The first-order valence-electron chi connectivity index (χ1n) is 6.11. The molecule has 2 aromatic rings. The Morgan fingerprint density at radius 2 is 2.11 bits per heavy atom. The Morgan fingerprint density at radius 1 is 1.39 bits per heavy atom. The van der Waals surface area contributed by atoms with Gasteiger partial charge in [0.05, 0.1) is 12.1 Å². The van der Waals surface area contributed by atoms with E-state index in [-0.39, 0.29) is 0 Å². The summed E-state index contributed by atoms with van der Waals surface area (Å²) < 4.78 is 7.47. The zero-order valence-electron chi connectivity index (χ0n) is 11.1. The molecule has 2 N–H and O–H groups in total. The fraction of sp³-hybridized carbons (Fsp3) is 0.429. The van der Waals surface area contributed by atoms with Crippen LogP contribution in [0.15, 0.2) is 12.1 Å². The summed E-state index contributed by atoms with van der Waals surface area (Å²) in [5.41, 5.74) is 9.36. The van der Waals surface area contributed by atoms with Crippen molar-refractivity contribution >= 4 is 22.5 Å². The van der Waals surface area contributed by atoms with E-state index in [1.54, 1.807) is 7.11 Å².